The molecule has 1 aliphatic carbocycles. The molecule has 1 fully saturated rings. The fourth-order valence-corrected chi connectivity index (χ4v) is 2.22. The van der Waals surface area contributed by atoms with Crippen LogP contribution in [0.1, 0.15) is 51.9 Å². The second kappa shape index (κ2) is 8.95. The number of hydrogen-bond acceptors (Lipinski definition) is 3. The standard InChI is InChI=1S/C14H27N3O/c1-4-5-11-16-13(15-2)14(18-3)17-12-9-7-6-8-10-12/h12H,4-11H2,1-3H3,(H,15,16). The lowest BCUT2D eigenvalue weighted by Crippen LogP contribution is -2.34. The molecule has 0 aromatic heterocycles. The maximum Gasteiger partial charge on any atom is 0.252 e. The van der Waals surface area contributed by atoms with E-state index in [1.54, 1.807) is 14.2 Å². The van der Waals surface area contributed by atoms with Gasteiger partial charge in [-0.2, -0.15) is 0 Å². The van der Waals surface area contributed by atoms with Gasteiger partial charge in [-0.15, -0.1) is 0 Å². The van der Waals surface area contributed by atoms with Gasteiger partial charge < -0.3 is 10.1 Å². The lowest BCUT2D eigenvalue weighted by atomic mass is 9.96. The van der Waals surface area contributed by atoms with E-state index in [9.17, 15) is 0 Å². The van der Waals surface area contributed by atoms with E-state index in [4.69, 9.17) is 9.73 Å². The van der Waals surface area contributed by atoms with E-state index in [-0.39, 0.29) is 0 Å². The molecular weight excluding hydrogens is 226 g/mol. The smallest absolute Gasteiger partial charge is 0.252 e. The average Bonchev–Trinajstić information content (AvgIpc) is 2.43. The molecule has 0 bridgehead atoms. The molecule has 0 aliphatic heterocycles. The molecule has 4 heteroatoms. The summed E-state index contributed by atoms with van der Waals surface area (Å²) in [5, 5.41) is 3.31. The van der Waals surface area contributed by atoms with Crippen LogP contribution in [0.3, 0.4) is 0 Å². The molecule has 0 heterocycles. The van der Waals surface area contributed by atoms with Crippen LogP contribution in [0, 0.1) is 0 Å². The molecule has 1 saturated carbocycles. The fourth-order valence-electron chi connectivity index (χ4n) is 2.22. The van der Waals surface area contributed by atoms with Gasteiger partial charge in [0, 0.05) is 13.6 Å². The Bertz CT molecular complexity index is 281. The monoisotopic (exact) mass is 253 g/mol. The molecule has 0 atom stereocenters. The van der Waals surface area contributed by atoms with Crippen LogP contribution in [0.25, 0.3) is 0 Å². The minimum Gasteiger partial charge on any atom is -0.479 e. The number of nitrogens with one attached hydrogen (secondary N) is 1. The van der Waals surface area contributed by atoms with Crippen molar-refractivity contribution < 1.29 is 4.74 Å². The van der Waals surface area contributed by atoms with Crippen LogP contribution in [0.2, 0.25) is 0 Å². The van der Waals surface area contributed by atoms with Crippen LogP contribution in [0.4, 0.5) is 0 Å². The normalized spacial score (nSPS) is 18.8. The van der Waals surface area contributed by atoms with Crippen LogP contribution in [-0.4, -0.2) is 38.5 Å². The molecule has 4 nitrogen and oxygen atoms in total. The molecule has 1 N–H and O–H groups in total. The van der Waals surface area contributed by atoms with Crippen LogP contribution >= 0.6 is 0 Å². The Balaban J connectivity index is 2.57. The number of rotatable bonds is 4. The van der Waals surface area contributed by atoms with E-state index in [1.807, 2.05) is 0 Å². The van der Waals surface area contributed by atoms with Gasteiger partial charge in [-0.05, 0) is 19.3 Å². The molecule has 18 heavy (non-hydrogen) atoms. The van der Waals surface area contributed by atoms with E-state index >= 15 is 0 Å². The van der Waals surface area contributed by atoms with Gasteiger partial charge >= 0.3 is 0 Å². The topological polar surface area (TPSA) is 46.0 Å². The first-order valence-electron chi connectivity index (χ1n) is 7.14. The molecule has 0 unspecified atom stereocenters. The number of amidine groups is 1. The van der Waals surface area contributed by atoms with Crippen molar-refractivity contribution in [2.45, 2.75) is 57.9 Å². The van der Waals surface area contributed by atoms with Crippen LogP contribution in [0.5, 0.6) is 0 Å². The molecule has 0 radical (unpaired) electrons. The van der Waals surface area contributed by atoms with Crippen molar-refractivity contribution in [1.82, 2.24) is 5.32 Å². The van der Waals surface area contributed by atoms with Crippen LogP contribution < -0.4 is 5.32 Å². The second-order valence-electron chi connectivity index (χ2n) is 4.78. The maximum atomic E-state index is 5.39. The third-order valence-electron chi connectivity index (χ3n) is 3.32. The Labute approximate surface area is 111 Å². The van der Waals surface area contributed by atoms with Crippen LogP contribution in [-0.2, 0) is 4.74 Å². The highest BCUT2D eigenvalue weighted by Gasteiger charge is 2.16. The first-order valence-corrected chi connectivity index (χ1v) is 7.14. The van der Waals surface area contributed by atoms with E-state index in [0.717, 1.165) is 18.8 Å². The van der Waals surface area contributed by atoms with Gasteiger partial charge in [-0.1, -0.05) is 32.6 Å². The highest BCUT2D eigenvalue weighted by Crippen LogP contribution is 2.20. The van der Waals surface area contributed by atoms with Crippen molar-refractivity contribution in [1.29, 1.82) is 0 Å². The Morgan fingerprint density at radius 2 is 2.00 bits per heavy atom. The molecule has 104 valence electrons. The average molecular weight is 253 g/mol. The minimum absolute atomic E-state index is 0.415. The SMILES string of the molecule is CCCCNC(=NC)C(=NC1CCCCC1)OC. The van der Waals surface area contributed by atoms with E-state index in [0.29, 0.717) is 11.9 Å². The van der Waals surface area contributed by atoms with Crippen molar-refractivity contribution in [3.63, 3.8) is 0 Å². The molecule has 1 aliphatic rings. The minimum atomic E-state index is 0.415. The molecule has 0 saturated heterocycles. The molecule has 0 spiro atoms. The fraction of sp³-hybridized carbons (Fsp3) is 0.857. The summed E-state index contributed by atoms with van der Waals surface area (Å²) in [6, 6.07) is 0.415. The highest BCUT2D eigenvalue weighted by atomic mass is 16.5. The summed E-state index contributed by atoms with van der Waals surface area (Å²) in [6.45, 7) is 3.11. The number of hydrogen-bond donors (Lipinski definition) is 1. The lowest BCUT2D eigenvalue weighted by Gasteiger charge is -2.19. The van der Waals surface area contributed by atoms with Gasteiger partial charge in [0.05, 0.1) is 13.2 Å². The third kappa shape index (κ3) is 5.07. The molecule has 1 rings (SSSR count). The Morgan fingerprint density at radius 1 is 1.28 bits per heavy atom. The van der Waals surface area contributed by atoms with Crippen LogP contribution in [0.15, 0.2) is 9.98 Å². The largest absolute Gasteiger partial charge is 0.479 e. The summed E-state index contributed by atoms with van der Waals surface area (Å²) in [7, 11) is 3.46. The van der Waals surface area contributed by atoms with Gasteiger partial charge in [0.2, 0.25) is 0 Å². The van der Waals surface area contributed by atoms with E-state index in [2.05, 4.69) is 17.2 Å². The molecule has 0 aromatic rings. The number of unbranched alkanes of at least 4 members (excludes halogenated alkanes) is 1. The van der Waals surface area contributed by atoms with Crippen molar-refractivity contribution >= 4 is 11.7 Å². The summed E-state index contributed by atoms with van der Waals surface area (Å²) in [4.78, 5) is 8.95. The lowest BCUT2D eigenvalue weighted by molar-refractivity contribution is 0.388. The first kappa shape index (κ1) is 15.0. The summed E-state index contributed by atoms with van der Waals surface area (Å²) in [5.41, 5.74) is 0. The Kier molecular flexibility index (Phi) is 7.46. The number of ether oxygens (including phenoxy) is 1. The highest BCUT2D eigenvalue weighted by molar-refractivity contribution is 6.37. The van der Waals surface area contributed by atoms with Crippen molar-refractivity contribution in [2.24, 2.45) is 9.98 Å². The third-order valence-corrected chi connectivity index (χ3v) is 3.32. The predicted octanol–water partition coefficient (Wildman–Crippen LogP) is 2.78. The zero-order valence-electron chi connectivity index (χ0n) is 12.0. The van der Waals surface area contributed by atoms with E-state index < -0.39 is 0 Å². The van der Waals surface area contributed by atoms with Gasteiger partial charge in [0.15, 0.2) is 5.84 Å². The summed E-state index contributed by atoms with van der Waals surface area (Å²) >= 11 is 0. The zero-order valence-corrected chi connectivity index (χ0v) is 12.0. The van der Waals surface area contributed by atoms with E-state index in [1.165, 1.54) is 38.5 Å². The second-order valence-corrected chi connectivity index (χ2v) is 4.78. The Morgan fingerprint density at radius 3 is 2.56 bits per heavy atom. The van der Waals surface area contributed by atoms with Crippen molar-refractivity contribution in [3.8, 4) is 0 Å². The summed E-state index contributed by atoms with van der Waals surface area (Å²) in [6.07, 6.45) is 8.58. The molecule has 0 amide bonds. The quantitative estimate of drug-likeness (QED) is 0.476. The van der Waals surface area contributed by atoms with Crippen molar-refractivity contribution in [2.75, 3.05) is 20.7 Å². The van der Waals surface area contributed by atoms with Gasteiger partial charge in [-0.3, -0.25) is 4.99 Å². The summed E-state index contributed by atoms with van der Waals surface area (Å²) in [5.74, 6) is 1.46. The van der Waals surface area contributed by atoms with Gasteiger partial charge in [0.25, 0.3) is 5.90 Å². The number of methoxy groups -OCH3 is 1. The first-order chi connectivity index (χ1) is 8.81. The maximum absolute atomic E-state index is 5.39. The predicted molar refractivity (Wildman–Crippen MR) is 77.6 cm³/mol. The number of aliphatic imine (C=N–C) groups is 2. The van der Waals surface area contributed by atoms with Gasteiger partial charge in [0.1, 0.15) is 0 Å². The molecular formula is C14H27N3O. The molecule has 0 aromatic carbocycles. The number of nitrogens with zero attached hydrogens (tertiary/aromatic N) is 2. The zero-order chi connectivity index (χ0) is 13.2. The Hall–Kier alpha value is -1.06. The van der Waals surface area contributed by atoms with Gasteiger partial charge in [-0.25, -0.2) is 4.99 Å². The van der Waals surface area contributed by atoms with Crippen molar-refractivity contribution in [3.05, 3.63) is 0 Å². The summed E-state index contributed by atoms with van der Waals surface area (Å²) < 4.78 is 5.39.